The van der Waals surface area contributed by atoms with Crippen LogP contribution in [0.1, 0.15) is 22.6 Å². The Balaban J connectivity index is 1.78. The highest BCUT2D eigenvalue weighted by Gasteiger charge is 2.18. The van der Waals surface area contributed by atoms with Gasteiger partial charge in [-0.25, -0.2) is 24.9 Å². The molecule has 0 radical (unpaired) electrons. The van der Waals surface area contributed by atoms with Gasteiger partial charge in [-0.2, -0.15) is 0 Å². The Labute approximate surface area is 148 Å². The Kier molecular flexibility index (Phi) is 3.73. The lowest BCUT2D eigenvalue weighted by Gasteiger charge is -2.05. The predicted octanol–water partition coefficient (Wildman–Crippen LogP) is 3.75. The van der Waals surface area contributed by atoms with E-state index in [4.69, 9.17) is 16.0 Å². The Morgan fingerprint density at radius 1 is 1.08 bits per heavy atom. The number of halogens is 1. The lowest BCUT2D eigenvalue weighted by molar-refractivity contribution is 0.650. The van der Waals surface area contributed by atoms with Gasteiger partial charge >= 0.3 is 0 Å². The van der Waals surface area contributed by atoms with E-state index in [-0.39, 0.29) is 0 Å². The second-order valence-corrected chi connectivity index (χ2v) is 6.19. The molecule has 25 heavy (non-hydrogen) atoms. The number of aromatic nitrogens is 5. The topological polar surface area (TPSA) is 89.6 Å². The SMILES string of the molecule is Cc1ncc(CNc2ncnc3c2oc2nc(C)c(Cl)c(C)c23)cn1. The van der Waals surface area contributed by atoms with E-state index in [0.29, 0.717) is 34.2 Å². The van der Waals surface area contributed by atoms with Crippen LogP contribution < -0.4 is 5.32 Å². The summed E-state index contributed by atoms with van der Waals surface area (Å²) in [4.78, 5) is 21.5. The predicted molar refractivity (Wildman–Crippen MR) is 95.7 cm³/mol. The van der Waals surface area contributed by atoms with Gasteiger partial charge in [0.05, 0.1) is 16.1 Å². The van der Waals surface area contributed by atoms with Crippen molar-refractivity contribution in [1.82, 2.24) is 24.9 Å². The van der Waals surface area contributed by atoms with Crippen LogP contribution in [-0.2, 0) is 6.54 Å². The number of anilines is 1. The van der Waals surface area contributed by atoms with Crippen molar-refractivity contribution in [3.8, 4) is 0 Å². The van der Waals surface area contributed by atoms with Crippen LogP contribution in [0.4, 0.5) is 5.82 Å². The standard InChI is InChI=1S/C17H15ClN6O/c1-8-12-14-15(25-17(12)24-9(2)13(8)18)16(23-7-22-14)21-6-11-4-19-10(3)20-5-11/h4-5,7H,6H2,1-3H3,(H,21,22,23). The third-order valence-electron chi connectivity index (χ3n) is 4.04. The van der Waals surface area contributed by atoms with Gasteiger partial charge in [-0.1, -0.05) is 11.6 Å². The molecule has 0 bridgehead atoms. The number of nitrogens with one attached hydrogen (secondary N) is 1. The van der Waals surface area contributed by atoms with Gasteiger partial charge in [-0.3, -0.25) is 0 Å². The molecular formula is C17H15ClN6O. The fourth-order valence-electron chi connectivity index (χ4n) is 2.72. The summed E-state index contributed by atoms with van der Waals surface area (Å²) in [5.74, 6) is 1.33. The van der Waals surface area contributed by atoms with Crippen molar-refractivity contribution in [2.45, 2.75) is 27.3 Å². The van der Waals surface area contributed by atoms with Gasteiger partial charge in [0.15, 0.2) is 11.4 Å². The molecule has 0 amide bonds. The molecule has 0 aliphatic rings. The number of rotatable bonds is 3. The monoisotopic (exact) mass is 354 g/mol. The molecule has 7 nitrogen and oxygen atoms in total. The van der Waals surface area contributed by atoms with Crippen LogP contribution in [0, 0.1) is 20.8 Å². The smallest absolute Gasteiger partial charge is 0.229 e. The van der Waals surface area contributed by atoms with Crippen molar-refractivity contribution >= 4 is 39.6 Å². The maximum absolute atomic E-state index is 6.33. The molecular weight excluding hydrogens is 340 g/mol. The molecule has 4 aromatic heterocycles. The first-order valence-electron chi connectivity index (χ1n) is 7.76. The molecule has 0 atom stereocenters. The third-order valence-corrected chi connectivity index (χ3v) is 4.60. The molecule has 1 N–H and O–H groups in total. The van der Waals surface area contributed by atoms with Crippen LogP contribution in [0.2, 0.25) is 5.02 Å². The molecule has 0 aliphatic heterocycles. The minimum absolute atomic E-state index is 0.511. The summed E-state index contributed by atoms with van der Waals surface area (Å²) in [7, 11) is 0. The quantitative estimate of drug-likeness (QED) is 0.599. The molecule has 0 aliphatic carbocycles. The number of aryl methyl sites for hydroxylation is 3. The van der Waals surface area contributed by atoms with E-state index in [0.717, 1.165) is 28.0 Å². The number of furan rings is 1. The molecule has 4 aromatic rings. The van der Waals surface area contributed by atoms with Gasteiger partial charge in [-0.05, 0) is 26.3 Å². The lowest BCUT2D eigenvalue weighted by atomic mass is 10.1. The Hall–Kier alpha value is -2.80. The summed E-state index contributed by atoms with van der Waals surface area (Å²) in [6.07, 6.45) is 5.06. The van der Waals surface area contributed by atoms with E-state index >= 15 is 0 Å². The van der Waals surface area contributed by atoms with Gasteiger partial charge in [0.2, 0.25) is 5.71 Å². The molecule has 0 saturated carbocycles. The molecule has 126 valence electrons. The average molecular weight is 355 g/mol. The second-order valence-electron chi connectivity index (χ2n) is 5.81. The van der Waals surface area contributed by atoms with Crippen LogP contribution in [0.25, 0.3) is 22.2 Å². The maximum Gasteiger partial charge on any atom is 0.229 e. The van der Waals surface area contributed by atoms with E-state index in [1.54, 1.807) is 12.4 Å². The van der Waals surface area contributed by atoms with E-state index < -0.39 is 0 Å². The van der Waals surface area contributed by atoms with Gasteiger partial charge < -0.3 is 9.73 Å². The van der Waals surface area contributed by atoms with Gasteiger partial charge in [-0.15, -0.1) is 0 Å². The summed E-state index contributed by atoms with van der Waals surface area (Å²) in [6.45, 7) is 6.16. The molecule has 4 heterocycles. The minimum Gasteiger partial charge on any atom is -0.432 e. The van der Waals surface area contributed by atoms with Gasteiger partial charge in [0.25, 0.3) is 0 Å². The Morgan fingerprint density at radius 2 is 1.84 bits per heavy atom. The molecule has 8 heteroatoms. The molecule has 0 fully saturated rings. The zero-order valence-corrected chi connectivity index (χ0v) is 14.7. The number of hydrogen-bond donors (Lipinski definition) is 1. The van der Waals surface area contributed by atoms with E-state index in [1.807, 2.05) is 20.8 Å². The highest BCUT2D eigenvalue weighted by molar-refractivity contribution is 6.33. The average Bonchev–Trinajstić information content (AvgIpc) is 2.98. The van der Waals surface area contributed by atoms with Crippen molar-refractivity contribution in [1.29, 1.82) is 0 Å². The molecule has 0 aromatic carbocycles. The zero-order valence-electron chi connectivity index (χ0n) is 14.0. The van der Waals surface area contributed by atoms with E-state index in [2.05, 4.69) is 30.2 Å². The van der Waals surface area contributed by atoms with Crippen LogP contribution in [0.3, 0.4) is 0 Å². The number of nitrogens with zero attached hydrogens (tertiary/aromatic N) is 5. The first-order chi connectivity index (χ1) is 12.0. The highest BCUT2D eigenvalue weighted by atomic mass is 35.5. The number of hydrogen-bond acceptors (Lipinski definition) is 7. The Morgan fingerprint density at radius 3 is 2.60 bits per heavy atom. The molecule has 0 saturated heterocycles. The maximum atomic E-state index is 6.33. The highest BCUT2D eigenvalue weighted by Crippen LogP contribution is 2.35. The van der Waals surface area contributed by atoms with Gasteiger partial charge in [0.1, 0.15) is 17.7 Å². The summed E-state index contributed by atoms with van der Waals surface area (Å²) >= 11 is 6.33. The zero-order chi connectivity index (χ0) is 17.6. The third kappa shape index (κ3) is 2.66. The first kappa shape index (κ1) is 15.7. The van der Waals surface area contributed by atoms with Crippen molar-refractivity contribution in [3.05, 3.63) is 46.4 Å². The largest absolute Gasteiger partial charge is 0.432 e. The lowest BCUT2D eigenvalue weighted by Crippen LogP contribution is -2.03. The normalized spacial score (nSPS) is 11.4. The number of pyridine rings is 1. The second kappa shape index (κ2) is 5.93. The van der Waals surface area contributed by atoms with Crippen LogP contribution in [0.15, 0.2) is 23.1 Å². The molecule has 0 unspecified atom stereocenters. The van der Waals surface area contributed by atoms with Crippen molar-refractivity contribution in [2.75, 3.05) is 5.32 Å². The van der Waals surface area contributed by atoms with Crippen molar-refractivity contribution in [3.63, 3.8) is 0 Å². The first-order valence-corrected chi connectivity index (χ1v) is 8.13. The summed E-state index contributed by atoms with van der Waals surface area (Å²) in [6, 6.07) is 0. The minimum atomic E-state index is 0.511. The van der Waals surface area contributed by atoms with E-state index in [1.165, 1.54) is 6.33 Å². The van der Waals surface area contributed by atoms with Crippen LogP contribution in [0.5, 0.6) is 0 Å². The summed E-state index contributed by atoms with van der Waals surface area (Å²) in [5, 5.41) is 4.69. The van der Waals surface area contributed by atoms with Crippen molar-refractivity contribution in [2.24, 2.45) is 0 Å². The van der Waals surface area contributed by atoms with E-state index in [9.17, 15) is 0 Å². The van der Waals surface area contributed by atoms with Crippen LogP contribution >= 0.6 is 11.6 Å². The van der Waals surface area contributed by atoms with Gasteiger partial charge in [0, 0.05) is 24.5 Å². The Bertz CT molecular complexity index is 1090. The number of fused-ring (bicyclic) bond motifs is 3. The van der Waals surface area contributed by atoms with Crippen molar-refractivity contribution < 1.29 is 4.42 Å². The summed E-state index contributed by atoms with van der Waals surface area (Å²) in [5.41, 5.74) is 4.34. The summed E-state index contributed by atoms with van der Waals surface area (Å²) < 4.78 is 5.92. The fourth-order valence-corrected chi connectivity index (χ4v) is 2.86. The van der Waals surface area contributed by atoms with Crippen LogP contribution in [-0.4, -0.2) is 24.9 Å². The molecule has 0 spiro atoms. The molecule has 4 rings (SSSR count). The fraction of sp³-hybridized carbons (Fsp3) is 0.235.